The Bertz CT molecular complexity index is 641. The molecule has 1 aromatic carbocycles. The molecule has 21 heavy (non-hydrogen) atoms. The fraction of sp³-hybridized carbons (Fsp3) is 0.357. The van der Waals surface area contributed by atoms with E-state index in [0.717, 1.165) is 5.57 Å². The van der Waals surface area contributed by atoms with E-state index in [1.165, 1.54) is 24.3 Å². The predicted molar refractivity (Wildman–Crippen MR) is 81.6 cm³/mol. The molecular formula is C14H20N2O4S. The molecule has 0 spiro atoms. The van der Waals surface area contributed by atoms with Crippen molar-refractivity contribution < 1.29 is 17.8 Å². The summed E-state index contributed by atoms with van der Waals surface area (Å²) in [6.07, 6.45) is 1.63. The van der Waals surface area contributed by atoms with Gasteiger partial charge >= 0.3 is 6.03 Å². The second kappa shape index (κ2) is 6.28. The standard InChI is InChI=1S/C14H20N2O4S/c1-10(14(2,3)4)9-15-13(17)16-11-5-7-12(8-6-11)21(18,19)20/h5-9H,1-4H3,(H2,15,16,17)(H,18,19,20)/b10-9+. The van der Waals surface area contributed by atoms with Crippen molar-refractivity contribution in [1.29, 1.82) is 0 Å². The summed E-state index contributed by atoms with van der Waals surface area (Å²) in [5.74, 6) is 0. The van der Waals surface area contributed by atoms with Gasteiger partial charge in [0.2, 0.25) is 0 Å². The smallest absolute Gasteiger partial charge is 0.314 e. The summed E-state index contributed by atoms with van der Waals surface area (Å²) >= 11 is 0. The van der Waals surface area contributed by atoms with E-state index in [0.29, 0.717) is 5.69 Å². The minimum absolute atomic E-state index is 0.0373. The molecule has 0 bridgehead atoms. The quantitative estimate of drug-likeness (QED) is 0.748. The van der Waals surface area contributed by atoms with Crippen LogP contribution in [-0.2, 0) is 10.1 Å². The van der Waals surface area contributed by atoms with Crippen molar-refractivity contribution in [1.82, 2.24) is 5.32 Å². The fourth-order valence-corrected chi connectivity index (χ4v) is 1.75. The highest BCUT2D eigenvalue weighted by Gasteiger charge is 2.13. The molecule has 0 atom stereocenters. The molecule has 0 heterocycles. The highest BCUT2D eigenvalue weighted by Crippen LogP contribution is 2.23. The number of carbonyl (C=O) groups is 1. The fourth-order valence-electron chi connectivity index (χ4n) is 1.27. The topological polar surface area (TPSA) is 95.5 Å². The first-order valence-corrected chi connectivity index (χ1v) is 7.76. The number of rotatable bonds is 3. The largest absolute Gasteiger partial charge is 0.323 e. The third kappa shape index (κ3) is 5.57. The molecule has 0 radical (unpaired) electrons. The molecule has 116 valence electrons. The van der Waals surface area contributed by atoms with E-state index >= 15 is 0 Å². The number of carbonyl (C=O) groups excluding carboxylic acids is 1. The number of benzene rings is 1. The molecule has 1 aromatic rings. The van der Waals surface area contributed by atoms with Gasteiger partial charge in [-0.05, 0) is 36.6 Å². The van der Waals surface area contributed by atoms with E-state index in [1.54, 1.807) is 6.20 Å². The molecule has 0 fully saturated rings. The predicted octanol–water partition coefficient (Wildman–Crippen LogP) is 3.00. The molecule has 0 aromatic heterocycles. The second-order valence-corrected chi connectivity index (χ2v) is 7.10. The minimum Gasteiger partial charge on any atom is -0.314 e. The number of amides is 2. The Morgan fingerprint density at radius 3 is 2.14 bits per heavy atom. The Morgan fingerprint density at radius 1 is 1.19 bits per heavy atom. The van der Waals surface area contributed by atoms with Crippen molar-refractivity contribution in [3.8, 4) is 0 Å². The van der Waals surface area contributed by atoms with Crippen molar-refractivity contribution in [3.05, 3.63) is 36.0 Å². The highest BCUT2D eigenvalue weighted by molar-refractivity contribution is 7.85. The van der Waals surface area contributed by atoms with Crippen LogP contribution in [0.25, 0.3) is 0 Å². The first kappa shape index (κ1) is 17.2. The zero-order valence-electron chi connectivity index (χ0n) is 12.5. The summed E-state index contributed by atoms with van der Waals surface area (Å²) in [5, 5.41) is 5.16. The van der Waals surface area contributed by atoms with Gasteiger partial charge in [0.25, 0.3) is 10.1 Å². The van der Waals surface area contributed by atoms with Crippen molar-refractivity contribution in [2.45, 2.75) is 32.6 Å². The Morgan fingerprint density at radius 2 is 1.71 bits per heavy atom. The van der Waals surface area contributed by atoms with Crippen LogP contribution in [0.5, 0.6) is 0 Å². The van der Waals surface area contributed by atoms with Crippen LogP contribution in [0, 0.1) is 5.41 Å². The van der Waals surface area contributed by atoms with Crippen molar-refractivity contribution >= 4 is 21.8 Å². The van der Waals surface area contributed by atoms with Crippen LogP contribution in [0.3, 0.4) is 0 Å². The average molecular weight is 312 g/mol. The third-order valence-electron chi connectivity index (χ3n) is 3.01. The zero-order chi connectivity index (χ0) is 16.3. The summed E-state index contributed by atoms with van der Waals surface area (Å²) < 4.78 is 30.6. The minimum atomic E-state index is -4.22. The van der Waals surface area contributed by atoms with Gasteiger partial charge in [-0.3, -0.25) is 4.55 Å². The number of hydrogen-bond donors (Lipinski definition) is 3. The highest BCUT2D eigenvalue weighted by atomic mass is 32.2. The van der Waals surface area contributed by atoms with Crippen molar-refractivity contribution in [2.75, 3.05) is 5.32 Å². The summed E-state index contributed by atoms with van der Waals surface area (Å²) in [7, 11) is -4.22. The molecular weight excluding hydrogens is 292 g/mol. The lowest BCUT2D eigenvalue weighted by molar-refractivity contribution is 0.255. The van der Waals surface area contributed by atoms with Crippen LogP contribution < -0.4 is 10.6 Å². The van der Waals surface area contributed by atoms with Gasteiger partial charge in [0, 0.05) is 11.9 Å². The van der Waals surface area contributed by atoms with Gasteiger partial charge in [0.05, 0.1) is 4.90 Å². The molecule has 2 amide bonds. The monoisotopic (exact) mass is 312 g/mol. The summed E-state index contributed by atoms with van der Waals surface area (Å²) in [6.45, 7) is 8.02. The average Bonchev–Trinajstić information content (AvgIpc) is 2.34. The number of anilines is 1. The molecule has 0 aliphatic carbocycles. The van der Waals surface area contributed by atoms with E-state index in [1.807, 2.05) is 27.7 Å². The molecule has 3 N–H and O–H groups in total. The lowest BCUT2D eigenvalue weighted by Gasteiger charge is -2.19. The van der Waals surface area contributed by atoms with Gasteiger partial charge in [0.1, 0.15) is 0 Å². The van der Waals surface area contributed by atoms with Crippen molar-refractivity contribution in [3.63, 3.8) is 0 Å². The van der Waals surface area contributed by atoms with Crippen LogP contribution in [0.15, 0.2) is 40.9 Å². The first-order chi connectivity index (χ1) is 9.50. The molecule has 1 rings (SSSR count). The van der Waals surface area contributed by atoms with E-state index in [-0.39, 0.29) is 10.3 Å². The molecule has 7 heteroatoms. The molecule has 0 unspecified atom stereocenters. The maximum atomic E-state index is 11.7. The summed E-state index contributed by atoms with van der Waals surface area (Å²) in [4.78, 5) is 11.5. The number of nitrogens with one attached hydrogen (secondary N) is 2. The normalized spacial score (nSPS) is 12.9. The lowest BCUT2D eigenvalue weighted by atomic mass is 9.88. The molecule has 0 saturated carbocycles. The lowest BCUT2D eigenvalue weighted by Crippen LogP contribution is -2.25. The molecule has 0 saturated heterocycles. The Hall–Kier alpha value is -1.86. The molecule has 0 aliphatic rings. The van der Waals surface area contributed by atoms with Crippen LogP contribution in [0.2, 0.25) is 0 Å². The van der Waals surface area contributed by atoms with Gasteiger partial charge in [-0.1, -0.05) is 26.3 Å². The second-order valence-electron chi connectivity index (χ2n) is 5.68. The van der Waals surface area contributed by atoms with E-state index in [9.17, 15) is 13.2 Å². The number of hydrogen-bond acceptors (Lipinski definition) is 3. The molecule has 0 aliphatic heterocycles. The van der Waals surface area contributed by atoms with E-state index in [2.05, 4.69) is 10.6 Å². The van der Waals surface area contributed by atoms with Gasteiger partial charge in [0.15, 0.2) is 0 Å². The maximum absolute atomic E-state index is 11.7. The number of urea groups is 1. The Labute approximate surface area is 125 Å². The first-order valence-electron chi connectivity index (χ1n) is 6.32. The van der Waals surface area contributed by atoms with E-state index < -0.39 is 16.1 Å². The van der Waals surface area contributed by atoms with Crippen LogP contribution in [-0.4, -0.2) is 19.0 Å². The van der Waals surface area contributed by atoms with Gasteiger partial charge in [-0.25, -0.2) is 4.79 Å². The summed E-state index contributed by atoms with van der Waals surface area (Å²) in [5.41, 5.74) is 1.39. The maximum Gasteiger partial charge on any atom is 0.323 e. The van der Waals surface area contributed by atoms with Crippen molar-refractivity contribution in [2.24, 2.45) is 5.41 Å². The molecule has 6 nitrogen and oxygen atoms in total. The van der Waals surface area contributed by atoms with Crippen LogP contribution >= 0.6 is 0 Å². The zero-order valence-corrected chi connectivity index (χ0v) is 13.3. The SMILES string of the molecule is C/C(=C\NC(=O)Nc1ccc(S(=O)(=O)O)cc1)C(C)(C)C. The summed E-state index contributed by atoms with van der Waals surface area (Å²) in [6, 6.07) is 4.77. The Balaban J connectivity index is 2.68. The van der Waals surface area contributed by atoms with Crippen LogP contribution in [0.1, 0.15) is 27.7 Å². The third-order valence-corrected chi connectivity index (χ3v) is 3.88. The van der Waals surface area contributed by atoms with Gasteiger partial charge < -0.3 is 10.6 Å². The Kier molecular flexibility index (Phi) is 5.14. The van der Waals surface area contributed by atoms with Crippen LogP contribution in [0.4, 0.5) is 10.5 Å². The van der Waals surface area contributed by atoms with Gasteiger partial charge in [-0.2, -0.15) is 8.42 Å². The number of allylic oxidation sites excluding steroid dienone is 1. The van der Waals surface area contributed by atoms with E-state index in [4.69, 9.17) is 4.55 Å². The van der Waals surface area contributed by atoms with Gasteiger partial charge in [-0.15, -0.1) is 0 Å².